The van der Waals surface area contributed by atoms with Gasteiger partial charge in [0.15, 0.2) is 5.82 Å². The van der Waals surface area contributed by atoms with Crippen molar-refractivity contribution < 1.29 is 9.53 Å². The average molecular weight is 428 g/mol. The number of hydrogen-bond donors (Lipinski definition) is 2. The molecule has 0 bridgehead atoms. The second-order valence-corrected chi connectivity index (χ2v) is 7.51. The van der Waals surface area contributed by atoms with Gasteiger partial charge in [0.25, 0.3) is 0 Å². The van der Waals surface area contributed by atoms with E-state index in [9.17, 15) is 4.79 Å². The highest BCUT2D eigenvalue weighted by molar-refractivity contribution is 5.99. The first-order valence-electron chi connectivity index (χ1n) is 10.2. The summed E-state index contributed by atoms with van der Waals surface area (Å²) in [6, 6.07) is 17.8. The number of benzene rings is 2. The first-order valence-corrected chi connectivity index (χ1v) is 10.2. The Morgan fingerprint density at radius 2 is 1.44 bits per heavy atom. The second-order valence-electron chi connectivity index (χ2n) is 7.51. The number of nitrogens with one attached hydrogen (secondary N) is 2. The lowest BCUT2D eigenvalue weighted by molar-refractivity contribution is 0.262. The number of carbonyl (C=O) groups is 1. The van der Waals surface area contributed by atoms with Crippen LogP contribution >= 0.6 is 0 Å². The van der Waals surface area contributed by atoms with Crippen molar-refractivity contribution in [1.29, 1.82) is 0 Å². The number of aromatic nitrogens is 4. The van der Waals surface area contributed by atoms with E-state index in [1.165, 1.54) is 0 Å². The fourth-order valence-corrected chi connectivity index (χ4v) is 3.08. The third-order valence-corrected chi connectivity index (χ3v) is 5.14. The zero-order valence-corrected chi connectivity index (χ0v) is 18.4. The molecule has 32 heavy (non-hydrogen) atoms. The Hall–Kier alpha value is -4.20. The van der Waals surface area contributed by atoms with E-state index in [1.807, 2.05) is 58.0 Å². The minimum atomic E-state index is -0.316. The van der Waals surface area contributed by atoms with E-state index < -0.39 is 0 Å². The predicted octanol–water partition coefficient (Wildman–Crippen LogP) is 5.33. The van der Waals surface area contributed by atoms with Gasteiger partial charge in [-0.3, -0.25) is 0 Å². The highest BCUT2D eigenvalue weighted by Gasteiger charge is 2.11. The lowest BCUT2D eigenvalue weighted by atomic mass is 10.2. The van der Waals surface area contributed by atoms with E-state index in [-0.39, 0.29) is 6.03 Å². The van der Waals surface area contributed by atoms with Gasteiger partial charge >= 0.3 is 6.03 Å². The van der Waals surface area contributed by atoms with Crippen molar-refractivity contribution in [2.75, 3.05) is 10.6 Å². The van der Waals surface area contributed by atoms with Gasteiger partial charge in [0.1, 0.15) is 5.75 Å². The second kappa shape index (κ2) is 8.89. The number of nitrogens with zero attached hydrogens (tertiary/aromatic N) is 4. The maximum atomic E-state index is 12.2. The number of urea groups is 1. The zero-order chi connectivity index (χ0) is 22.7. The summed E-state index contributed by atoms with van der Waals surface area (Å²) in [5.41, 5.74) is 5.63. The summed E-state index contributed by atoms with van der Waals surface area (Å²) in [4.78, 5) is 12.2. The van der Waals surface area contributed by atoms with Crippen LogP contribution < -0.4 is 15.4 Å². The van der Waals surface area contributed by atoms with Crippen LogP contribution in [0.25, 0.3) is 5.82 Å². The van der Waals surface area contributed by atoms with Gasteiger partial charge in [-0.15, -0.1) is 10.2 Å². The number of carbonyl (C=O) groups excluding carboxylic acids is 1. The van der Waals surface area contributed by atoms with Gasteiger partial charge < -0.3 is 15.4 Å². The lowest BCUT2D eigenvalue weighted by Crippen LogP contribution is -2.19. The first-order chi connectivity index (χ1) is 15.4. The molecule has 4 rings (SSSR count). The molecule has 0 saturated heterocycles. The molecule has 2 aromatic carbocycles. The zero-order valence-electron chi connectivity index (χ0n) is 18.4. The van der Waals surface area contributed by atoms with E-state index in [2.05, 4.69) is 25.9 Å². The van der Waals surface area contributed by atoms with E-state index in [0.29, 0.717) is 23.1 Å². The Balaban J connectivity index is 1.36. The molecule has 0 aliphatic carbocycles. The molecule has 2 amide bonds. The van der Waals surface area contributed by atoms with Gasteiger partial charge in [0.2, 0.25) is 5.88 Å². The Kier molecular flexibility index (Phi) is 5.85. The van der Waals surface area contributed by atoms with E-state index >= 15 is 0 Å². The van der Waals surface area contributed by atoms with Gasteiger partial charge in [-0.1, -0.05) is 17.7 Å². The lowest BCUT2D eigenvalue weighted by Gasteiger charge is -2.09. The van der Waals surface area contributed by atoms with Crippen LogP contribution in [0.3, 0.4) is 0 Å². The number of aryl methyl sites for hydroxylation is 2. The monoisotopic (exact) mass is 428 g/mol. The van der Waals surface area contributed by atoms with Gasteiger partial charge in [0.05, 0.1) is 5.69 Å². The predicted molar refractivity (Wildman–Crippen MR) is 124 cm³/mol. The van der Waals surface area contributed by atoms with Crippen molar-refractivity contribution in [3.63, 3.8) is 0 Å². The van der Waals surface area contributed by atoms with Crippen molar-refractivity contribution in [2.45, 2.75) is 27.7 Å². The molecule has 0 saturated carbocycles. The Labute approximate surface area is 186 Å². The van der Waals surface area contributed by atoms with Crippen LogP contribution in [0, 0.1) is 27.7 Å². The fraction of sp³-hybridized carbons (Fsp3) is 0.167. The van der Waals surface area contributed by atoms with E-state index in [4.69, 9.17) is 4.74 Å². The van der Waals surface area contributed by atoms with Crippen molar-refractivity contribution in [3.05, 3.63) is 83.2 Å². The molecule has 0 radical (unpaired) electrons. The van der Waals surface area contributed by atoms with E-state index in [0.717, 1.165) is 28.2 Å². The number of anilines is 2. The molecule has 4 aromatic rings. The van der Waals surface area contributed by atoms with Crippen LogP contribution in [0.1, 0.15) is 22.5 Å². The normalized spacial score (nSPS) is 10.6. The molecular formula is C24H24N6O2. The molecule has 162 valence electrons. The number of ether oxygens (including phenoxy) is 1. The van der Waals surface area contributed by atoms with Gasteiger partial charge in [-0.05, 0) is 75.7 Å². The Morgan fingerprint density at radius 3 is 1.97 bits per heavy atom. The van der Waals surface area contributed by atoms with Crippen LogP contribution in [-0.4, -0.2) is 26.0 Å². The maximum absolute atomic E-state index is 12.2. The molecule has 2 N–H and O–H groups in total. The molecule has 0 fully saturated rings. The van der Waals surface area contributed by atoms with E-state index in [1.54, 1.807) is 35.0 Å². The molecule has 8 nitrogen and oxygen atoms in total. The summed E-state index contributed by atoms with van der Waals surface area (Å²) >= 11 is 0. The van der Waals surface area contributed by atoms with Crippen LogP contribution in [-0.2, 0) is 0 Å². The highest BCUT2D eigenvalue weighted by atomic mass is 16.5. The average Bonchev–Trinajstić information content (AvgIpc) is 3.04. The third kappa shape index (κ3) is 4.75. The summed E-state index contributed by atoms with van der Waals surface area (Å²) < 4.78 is 7.53. The Bertz CT molecular complexity index is 1230. The van der Waals surface area contributed by atoms with Crippen molar-refractivity contribution in [1.82, 2.24) is 20.0 Å². The summed E-state index contributed by atoms with van der Waals surface area (Å²) in [5.74, 6) is 1.58. The summed E-state index contributed by atoms with van der Waals surface area (Å²) in [5, 5.41) is 18.4. The molecule has 8 heteroatoms. The smallest absolute Gasteiger partial charge is 0.323 e. The largest absolute Gasteiger partial charge is 0.438 e. The van der Waals surface area contributed by atoms with Crippen LogP contribution in [0.2, 0.25) is 0 Å². The molecule has 0 aliphatic heterocycles. The molecule has 0 unspecified atom stereocenters. The number of rotatable bonds is 5. The highest BCUT2D eigenvalue weighted by Crippen LogP contribution is 2.22. The van der Waals surface area contributed by atoms with Gasteiger partial charge in [0, 0.05) is 23.1 Å². The number of amides is 2. The molecule has 0 spiro atoms. The van der Waals surface area contributed by atoms with Crippen molar-refractivity contribution >= 4 is 17.4 Å². The summed E-state index contributed by atoms with van der Waals surface area (Å²) in [6.45, 7) is 7.99. The standard InChI is InChI=1S/C24H24N6O2/c1-15-5-7-19(8-6-15)25-24(31)26-20-9-11-21(12-10-20)32-23-14-13-22(27-28-23)30-18(4)16(2)17(3)29-30/h5-14H,1-4H3,(H2,25,26,31). The Morgan fingerprint density at radius 1 is 0.812 bits per heavy atom. The fourth-order valence-electron chi connectivity index (χ4n) is 3.08. The topological polar surface area (TPSA) is 94.0 Å². The van der Waals surface area contributed by atoms with Crippen LogP contribution in [0.4, 0.5) is 16.2 Å². The molecule has 2 aromatic heterocycles. The molecule has 0 atom stereocenters. The van der Waals surface area contributed by atoms with Crippen LogP contribution in [0.15, 0.2) is 60.7 Å². The van der Waals surface area contributed by atoms with Crippen molar-refractivity contribution in [3.8, 4) is 17.4 Å². The van der Waals surface area contributed by atoms with Crippen molar-refractivity contribution in [2.24, 2.45) is 0 Å². The van der Waals surface area contributed by atoms with Gasteiger partial charge in [-0.2, -0.15) is 5.10 Å². The quantitative estimate of drug-likeness (QED) is 0.448. The maximum Gasteiger partial charge on any atom is 0.323 e. The first kappa shape index (κ1) is 21.0. The molecular weight excluding hydrogens is 404 g/mol. The minimum Gasteiger partial charge on any atom is -0.438 e. The third-order valence-electron chi connectivity index (χ3n) is 5.14. The molecule has 2 heterocycles. The van der Waals surface area contributed by atoms with Gasteiger partial charge in [-0.25, -0.2) is 9.48 Å². The minimum absolute atomic E-state index is 0.316. The van der Waals surface area contributed by atoms with Crippen LogP contribution in [0.5, 0.6) is 11.6 Å². The SMILES string of the molecule is Cc1ccc(NC(=O)Nc2ccc(Oc3ccc(-n4nc(C)c(C)c4C)nn3)cc2)cc1. The summed E-state index contributed by atoms with van der Waals surface area (Å²) in [6.07, 6.45) is 0. The summed E-state index contributed by atoms with van der Waals surface area (Å²) in [7, 11) is 0. The number of hydrogen-bond acceptors (Lipinski definition) is 5. The molecule has 0 aliphatic rings.